The Morgan fingerprint density at radius 1 is 1.19 bits per heavy atom. The minimum Gasteiger partial charge on any atom is -0.480 e. The van der Waals surface area contributed by atoms with E-state index in [1.54, 1.807) is 6.07 Å². The van der Waals surface area contributed by atoms with Crippen LogP contribution in [-0.2, 0) is 4.79 Å². The first-order valence-electron chi connectivity index (χ1n) is 7.87. The van der Waals surface area contributed by atoms with E-state index in [4.69, 9.17) is 0 Å². The molecular weight excluding hydrogens is 268 g/mol. The zero-order chi connectivity index (χ0) is 14.8. The van der Waals surface area contributed by atoms with E-state index >= 15 is 0 Å². The summed E-state index contributed by atoms with van der Waals surface area (Å²) in [5.41, 5.74) is 0.583. The average molecular weight is 290 g/mol. The summed E-state index contributed by atoms with van der Waals surface area (Å²) in [6.07, 6.45) is 9.16. The third kappa shape index (κ3) is 3.12. The van der Waals surface area contributed by atoms with Crippen LogP contribution in [0, 0.1) is 5.92 Å². The molecule has 1 unspecified atom stereocenters. The third-order valence-corrected chi connectivity index (χ3v) is 4.63. The van der Waals surface area contributed by atoms with E-state index in [9.17, 15) is 14.7 Å². The second-order valence-electron chi connectivity index (χ2n) is 6.22. The fourth-order valence-corrected chi connectivity index (χ4v) is 3.32. The SMILES string of the molecule is O=C(NC(C(=O)O)C1CCCCC1)c1cccn1C1CC1. The van der Waals surface area contributed by atoms with Gasteiger partial charge in [0.2, 0.25) is 0 Å². The number of nitrogens with one attached hydrogen (secondary N) is 1. The first-order valence-corrected chi connectivity index (χ1v) is 7.87. The fraction of sp³-hybridized carbons (Fsp3) is 0.625. The molecule has 0 radical (unpaired) electrons. The summed E-state index contributed by atoms with van der Waals surface area (Å²) >= 11 is 0. The van der Waals surface area contributed by atoms with E-state index in [2.05, 4.69) is 5.32 Å². The predicted molar refractivity (Wildman–Crippen MR) is 78.2 cm³/mol. The smallest absolute Gasteiger partial charge is 0.326 e. The monoisotopic (exact) mass is 290 g/mol. The van der Waals surface area contributed by atoms with E-state index in [1.807, 2.05) is 16.8 Å². The summed E-state index contributed by atoms with van der Waals surface area (Å²) in [4.78, 5) is 23.9. The van der Waals surface area contributed by atoms with Crippen molar-refractivity contribution >= 4 is 11.9 Å². The highest BCUT2D eigenvalue weighted by molar-refractivity contribution is 5.95. The lowest BCUT2D eigenvalue weighted by Gasteiger charge is -2.28. The van der Waals surface area contributed by atoms with Gasteiger partial charge in [0.15, 0.2) is 0 Å². The zero-order valence-electron chi connectivity index (χ0n) is 12.1. The summed E-state index contributed by atoms with van der Waals surface area (Å²) in [7, 11) is 0. The van der Waals surface area contributed by atoms with Crippen molar-refractivity contribution in [2.75, 3.05) is 0 Å². The van der Waals surface area contributed by atoms with Crippen molar-refractivity contribution in [1.29, 1.82) is 0 Å². The van der Waals surface area contributed by atoms with Crippen molar-refractivity contribution in [3.05, 3.63) is 24.0 Å². The summed E-state index contributed by atoms with van der Waals surface area (Å²) in [6.45, 7) is 0. The Balaban J connectivity index is 1.71. The van der Waals surface area contributed by atoms with Crippen LogP contribution in [0.25, 0.3) is 0 Å². The van der Waals surface area contributed by atoms with E-state index in [1.165, 1.54) is 6.42 Å². The van der Waals surface area contributed by atoms with E-state index in [0.717, 1.165) is 38.5 Å². The fourth-order valence-electron chi connectivity index (χ4n) is 3.32. The first kappa shape index (κ1) is 14.2. The van der Waals surface area contributed by atoms with Gasteiger partial charge in [0.05, 0.1) is 0 Å². The Morgan fingerprint density at radius 2 is 1.90 bits per heavy atom. The average Bonchev–Trinajstić information content (AvgIpc) is 3.22. The van der Waals surface area contributed by atoms with Crippen LogP contribution < -0.4 is 5.32 Å². The lowest BCUT2D eigenvalue weighted by atomic mass is 9.84. The molecule has 1 heterocycles. The number of amides is 1. The molecule has 0 aromatic carbocycles. The second kappa shape index (κ2) is 5.92. The van der Waals surface area contributed by atoms with Gasteiger partial charge in [-0.25, -0.2) is 4.79 Å². The summed E-state index contributed by atoms with van der Waals surface area (Å²) in [5, 5.41) is 12.2. The Hall–Kier alpha value is -1.78. The van der Waals surface area contributed by atoms with Crippen molar-refractivity contribution in [3.8, 4) is 0 Å². The molecule has 2 saturated carbocycles. The van der Waals surface area contributed by atoms with Gasteiger partial charge < -0.3 is 15.0 Å². The molecule has 21 heavy (non-hydrogen) atoms. The predicted octanol–water partition coefficient (Wildman–Crippen LogP) is 2.59. The highest BCUT2D eigenvalue weighted by Crippen LogP contribution is 2.36. The molecule has 1 aromatic heterocycles. The summed E-state index contributed by atoms with van der Waals surface area (Å²) < 4.78 is 1.97. The highest BCUT2D eigenvalue weighted by Gasteiger charge is 2.32. The molecular formula is C16H22N2O3. The Bertz CT molecular complexity index is 527. The maximum absolute atomic E-state index is 12.4. The van der Waals surface area contributed by atoms with Crippen molar-refractivity contribution in [1.82, 2.24) is 9.88 Å². The zero-order valence-corrected chi connectivity index (χ0v) is 12.1. The normalized spacial score (nSPS) is 21.0. The molecule has 5 heteroatoms. The van der Waals surface area contributed by atoms with Crippen LogP contribution in [0.5, 0.6) is 0 Å². The number of nitrogens with zero attached hydrogens (tertiary/aromatic N) is 1. The number of carbonyl (C=O) groups excluding carboxylic acids is 1. The van der Waals surface area contributed by atoms with Gasteiger partial charge in [0.1, 0.15) is 11.7 Å². The van der Waals surface area contributed by atoms with Gasteiger partial charge in [0, 0.05) is 12.2 Å². The molecule has 5 nitrogen and oxygen atoms in total. The van der Waals surface area contributed by atoms with E-state index < -0.39 is 12.0 Å². The molecule has 3 rings (SSSR count). The molecule has 0 saturated heterocycles. The minimum absolute atomic E-state index is 0.0598. The standard InChI is InChI=1S/C16H22N2O3/c19-15(13-7-4-10-18(13)12-8-9-12)17-14(16(20)21)11-5-2-1-3-6-11/h4,7,10-12,14H,1-3,5-6,8-9H2,(H,17,19)(H,20,21). The Kier molecular flexibility index (Phi) is 3.99. The lowest BCUT2D eigenvalue weighted by molar-refractivity contribution is -0.141. The second-order valence-corrected chi connectivity index (χ2v) is 6.22. The molecule has 2 fully saturated rings. The van der Waals surface area contributed by atoms with Crippen molar-refractivity contribution < 1.29 is 14.7 Å². The van der Waals surface area contributed by atoms with Crippen LogP contribution in [0.2, 0.25) is 0 Å². The number of carboxylic acids is 1. The van der Waals surface area contributed by atoms with Gasteiger partial charge in [-0.2, -0.15) is 0 Å². The van der Waals surface area contributed by atoms with Crippen LogP contribution in [0.3, 0.4) is 0 Å². The lowest BCUT2D eigenvalue weighted by Crippen LogP contribution is -2.47. The van der Waals surface area contributed by atoms with E-state index in [-0.39, 0.29) is 11.8 Å². The molecule has 1 atom stereocenters. The molecule has 0 aliphatic heterocycles. The largest absolute Gasteiger partial charge is 0.480 e. The van der Waals surface area contributed by atoms with Gasteiger partial charge >= 0.3 is 5.97 Å². The number of hydrogen-bond acceptors (Lipinski definition) is 2. The first-order chi connectivity index (χ1) is 10.2. The van der Waals surface area contributed by atoms with Gasteiger partial charge in [-0.3, -0.25) is 4.79 Å². The summed E-state index contributed by atoms with van der Waals surface area (Å²) in [6, 6.07) is 3.27. The number of aromatic nitrogens is 1. The molecule has 0 spiro atoms. The van der Waals surface area contributed by atoms with Crippen LogP contribution in [0.1, 0.15) is 61.5 Å². The highest BCUT2D eigenvalue weighted by atomic mass is 16.4. The quantitative estimate of drug-likeness (QED) is 0.875. The van der Waals surface area contributed by atoms with Crippen LogP contribution in [0.15, 0.2) is 18.3 Å². The van der Waals surface area contributed by atoms with Gasteiger partial charge in [0.25, 0.3) is 5.91 Å². The number of hydrogen-bond donors (Lipinski definition) is 2. The van der Waals surface area contributed by atoms with Gasteiger partial charge in [-0.05, 0) is 43.7 Å². The van der Waals surface area contributed by atoms with E-state index in [0.29, 0.717) is 11.7 Å². The maximum atomic E-state index is 12.4. The molecule has 2 aliphatic carbocycles. The third-order valence-electron chi connectivity index (χ3n) is 4.63. The number of carboxylic acid groups (broad SMARTS) is 1. The summed E-state index contributed by atoms with van der Waals surface area (Å²) in [5.74, 6) is -1.12. The topological polar surface area (TPSA) is 71.3 Å². The molecule has 1 amide bonds. The molecule has 1 aromatic rings. The van der Waals surface area contributed by atoms with Gasteiger partial charge in [-0.15, -0.1) is 0 Å². The number of aliphatic carboxylic acids is 1. The van der Waals surface area contributed by atoms with Crippen molar-refractivity contribution in [2.45, 2.75) is 57.0 Å². The molecule has 114 valence electrons. The Morgan fingerprint density at radius 3 is 2.52 bits per heavy atom. The van der Waals surface area contributed by atoms with Crippen LogP contribution in [0.4, 0.5) is 0 Å². The molecule has 0 bridgehead atoms. The molecule has 2 N–H and O–H groups in total. The minimum atomic E-state index is -0.917. The van der Waals surface area contributed by atoms with Crippen LogP contribution >= 0.6 is 0 Å². The van der Waals surface area contributed by atoms with Gasteiger partial charge in [-0.1, -0.05) is 19.3 Å². The Labute approximate surface area is 124 Å². The van der Waals surface area contributed by atoms with Crippen molar-refractivity contribution in [3.63, 3.8) is 0 Å². The van der Waals surface area contributed by atoms with Crippen LogP contribution in [-0.4, -0.2) is 27.6 Å². The van der Waals surface area contributed by atoms with Crippen molar-refractivity contribution in [2.24, 2.45) is 5.92 Å². The number of carbonyl (C=O) groups is 2. The number of rotatable bonds is 5. The maximum Gasteiger partial charge on any atom is 0.326 e. The molecule has 2 aliphatic rings.